The molecule has 0 bridgehead atoms. The fourth-order valence-corrected chi connectivity index (χ4v) is 3.31. The topological polar surface area (TPSA) is 41.7 Å². The lowest BCUT2D eigenvalue weighted by Crippen LogP contribution is -2.50. The molecule has 1 saturated heterocycles. The quantitative estimate of drug-likeness (QED) is 0.902. The number of fused-ring (bicyclic) bond motifs is 1. The predicted octanol–water partition coefficient (Wildman–Crippen LogP) is 1.26. The molecule has 0 aliphatic carbocycles. The zero-order valence-electron chi connectivity index (χ0n) is 12.5. The number of rotatable bonds is 3. The Morgan fingerprint density at radius 1 is 1.35 bits per heavy atom. The molecule has 1 fully saturated rings. The van der Waals surface area contributed by atoms with Gasteiger partial charge in [-0.2, -0.15) is 0 Å². The summed E-state index contributed by atoms with van der Waals surface area (Å²) in [6, 6.07) is 6.97. The Labute approximate surface area is 121 Å². The van der Waals surface area contributed by atoms with E-state index in [1.165, 1.54) is 11.1 Å². The molecule has 1 aromatic carbocycles. The highest BCUT2D eigenvalue weighted by Crippen LogP contribution is 2.34. The molecule has 2 aliphatic rings. The van der Waals surface area contributed by atoms with Gasteiger partial charge < -0.3 is 20.3 Å². The number of para-hydroxylation sites is 1. The van der Waals surface area contributed by atoms with E-state index in [4.69, 9.17) is 10.5 Å². The van der Waals surface area contributed by atoms with E-state index in [-0.39, 0.29) is 6.04 Å². The molecule has 2 heterocycles. The summed E-state index contributed by atoms with van der Waals surface area (Å²) in [5, 5.41) is 0. The molecule has 2 N–H and O–H groups in total. The largest absolute Gasteiger partial charge is 0.493 e. The third-order valence-electron chi connectivity index (χ3n) is 4.65. The Balaban J connectivity index is 1.73. The molecule has 2 unspecified atom stereocenters. The van der Waals surface area contributed by atoms with Gasteiger partial charge in [0.2, 0.25) is 0 Å². The number of likely N-dealkylation sites (N-methyl/N-ethyl adjacent to an activating group) is 2. The third kappa shape index (κ3) is 2.68. The molecule has 110 valence electrons. The first kappa shape index (κ1) is 13.9. The van der Waals surface area contributed by atoms with Gasteiger partial charge in [0.15, 0.2) is 0 Å². The standard InChI is InChI=1S/C16H25N3O/c1-18-7-8-19(2)13(11-18)10-15(17)14-5-3-4-12-6-9-20-16(12)14/h3-5,13,15H,6-11,17H2,1-2H3. The predicted molar refractivity (Wildman–Crippen MR) is 81.1 cm³/mol. The second kappa shape index (κ2) is 5.72. The number of nitrogens with two attached hydrogens (primary N) is 1. The highest BCUT2D eigenvalue weighted by molar-refractivity contribution is 5.45. The summed E-state index contributed by atoms with van der Waals surface area (Å²) in [5.41, 5.74) is 8.98. The fourth-order valence-electron chi connectivity index (χ4n) is 3.31. The number of nitrogens with zero attached hydrogens (tertiary/aromatic N) is 2. The maximum atomic E-state index is 6.48. The zero-order valence-corrected chi connectivity index (χ0v) is 12.5. The summed E-state index contributed by atoms with van der Waals surface area (Å²) in [7, 11) is 4.39. The van der Waals surface area contributed by atoms with Crippen LogP contribution in [0.4, 0.5) is 0 Å². The van der Waals surface area contributed by atoms with Crippen molar-refractivity contribution >= 4 is 0 Å². The summed E-state index contributed by atoms with van der Waals surface area (Å²) in [5.74, 6) is 1.05. The van der Waals surface area contributed by atoms with E-state index in [0.717, 1.165) is 44.8 Å². The number of piperazine rings is 1. The molecule has 0 amide bonds. The van der Waals surface area contributed by atoms with Gasteiger partial charge >= 0.3 is 0 Å². The number of ether oxygens (including phenoxy) is 1. The Bertz CT molecular complexity index is 477. The van der Waals surface area contributed by atoms with Crippen LogP contribution in [0.1, 0.15) is 23.6 Å². The second-order valence-electron chi connectivity index (χ2n) is 6.17. The van der Waals surface area contributed by atoms with Crippen molar-refractivity contribution in [2.75, 3.05) is 40.3 Å². The van der Waals surface area contributed by atoms with Gasteiger partial charge in [0.25, 0.3) is 0 Å². The lowest BCUT2D eigenvalue weighted by atomic mass is 9.95. The van der Waals surface area contributed by atoms with E-state index in [0.29, 0.717) is 6.04 Å². The molecular weight excluding hydrogens is 250 g/mol. The van der Waals surface area contributed by atoms with Crippen LogP contribution in [0.5, 0.6) is 5.75 Å². The van der Waals surface area contributed by atoms with E-state index in [9.17, 15) is 0 Å². The molecule has 0 saturated carbocycles. The summed E-state index contributed by atoms with van der Waals surface area (Å²) >= 11 is 0. The van der Waals surface area contributed by atoms with Gasteiger partial charge in [0, 0.05) is 43.7 Å². The average Bonchev–Trinajstić information content (AvgIpc) is 2.91. The van der Waals surface area contributed by atoms with E-state index in [1.807, 2.05) is 0 Å². The Kier molecular flexibility index (Phi) is 3.96. The zero-order chi connectivity index (χ0) is 14.1. The van der Waals surface area contributed by atoms with Crippen LogP contribution in [0.2, 0.25) is 0 Å². The number of benzene rings is 1. The molecule has 0 aromatic heterocycles. The van der Waals surface area contributed by atoms with Crippen LogP contribution in [-0.4, -0.2) is 56.2 Å². The van der Waals surface area contributed by atoms with Crippen LogP contribution >= 0.6 is 0 Å². The van der Waals surface area contributed by atoms with E-state index in [1.54, 1.807) is 0 Å². The minimum Gasteiger partial charge on any atom is -0.493 e. The van der Waals surface area contributed by atoms with Gasteiger partial charge in [-0.1, -0.05) is 18.2 Å². The first-order chi connectivity index (χ1) is 9.65. The molecule has 0 spiro atoms. The maximum Gasteiger partial charge on any atom is 0.127 e. The summed E-state index contributed by atoms with van der Waals surface area (Å²) in [4.78, 5) is 4.83. The van der Waals surface area contributed by atoms with E-state index in [2.05, 4.69) is 42.1 Å². The van der Waals surface area contributed by atoms with Gasteiger partial charge in [-0.25, -0.2) is 0 Å². The van der Waals surface area contributed by atoms with Crippen LogP contribution < -0.4 is 10.5 Å². The normalized spacial score (nSPS) is 25.2. The van der Waals surface area contributed by atoms with Crippen LogP contribution in [0.15, 0.2) is 18.2 Å². The molecule has 2 atom stereocenters. The van der Waals surface area contributed by atoms with Gasteiger partial charge in [0.1, 0.15) is 5.75 Å². The number of hydrogen-bond donors (Lipinski definition) is 1. The Morgan fingerprint density at radius 2 is 2.20 bits per heavy atom. The molecule has 20 heavy (non-hydrogen) atoms. The minimum atomic E-state index is 0.0574. The molecular formula is C16H25N3O. The average molecular weight is 275 g/mol. The van der Waals surface area contributed by atoms with E-state index < -0.39 is 0 Å². The molecule has 4 nitrogen and oxygen atoms in total. The SMILES string of the molecule is CN1CCN(C)C(CC(N)c2cccc3c2OCC3)C1. The van der Waals surface area contributed by atoms with Gasteiger partial charge in [-0.15, -0.1) is 0 Å². The van der Waals surface area contributed by atoms with Gasteiger partial charge in [0.05, 0.1) is 6.61 Å². The van der Waals surface area contributed by atoms with Crippen LogP contribution in [0.25, 0.3) is 0 Å². The smallest absolute Gasteiger partial charge is 0.127 e. The highest BCUT2D eigenvalue weighted by atomic mass is 16.5. The summed E-state index contributed by atoms with van der Waals surface area (Å²) in [6.07, 6.45) is 2.00. The first-order valence-corrected chi connectivity index (χ1v) is 7.54. The molecule has 3 rings (SSSR count). The van der Waals surface area contributed by atoms with Crippen molar-refractivity contribution < 1.29 is 4.74 Å². The molecule has 4 heteroatoms. The fraction of sp³-hybridized carbons (Fsp3) is 0.625. The van der Waals surface area contributed by atoms with Crippen molar-refractivity contribution in [2.24, 2.45) is 5.73 Å². The molecule has 2 aliphatic heterocycles. The third-order valence-corrected chi connectivity index (χ3v) is 4.65. The van der Waals surface area contributed by atoms with Crippen molar-refractivity contribution in [1.82, 2.24) is 9.80 Å². The maximum absolute atomic E-state index is 6.48. The van der Waals surface area contributed by atoms with Crippen LogP contribution in [-0.2, 0) is 6.42 Å². The first-order valence-electron chi connectivity index (χ1n) is 7.54. The van der Waals surface area contributed by atoms with Crippen molar-refractivity contribution in [3.8, 4) is 5.75 Å². The monoisotopic (exact) mass is 275 g/mol. The Morgan fingerprint density at radius 3 is 3.05 bits per heavy atom. The highest BCUT2D eigenvalue weighted by Gasteiger charge is 2.27. The second-order valence-corrected chi connectivity index (χ2v) is 6.17. The van der Waals surface area contributed by atoms with Crippen molar-refractivity contribution in [1.29, 1.82) is 0 Å². The van der Waals surface area contributed by atoms with E-state index >= 15 is 0 Å². The van der Waals surface area contributed by atoms with Crippen molar-refractivity contribution in [3.05, 3.63) is 29.3 Å². The van der Waals surface area contributed by atoms with Crippen molar-refractivity contribution in [2.45, 2.75) is 24.9 Å². The molecule has 0 radical (unpaired) electrons. The summed E-state index contributed by atoms with van der Waals surface area (Å²) < 4.78 is 5.78. The lowest BCUT2D eigenvalue weighted by Gasteiger charge is -2.39. The molecule has 1 aromatic rings. The van der Waals surface area contributed by atoms with Gasteiger partial charge in [-0.05, 0) is 26.1 Å². The summed E-state index contributed by atoms with van der Waals surface area (Å²) in [6.45, 7) is 4.16. The minimum absolute atomic E-state index is 0.0574. The van der Waals surface area contributed by atoms with Crippen LogP contribution in [0.3, 0.4) is 0 Å². The number of hydrogen-bond acceptors (Lipinski definition) is 4. The van der Waals surface area contributed by atoms with Gasteiger partial charge in [-0.3, -0.25) is 0 Å². The lowest BCUT2D eigenvalue weighted by molar-refractivity contribution is 0.104. The Hall–Kier alpha value is -1.10. The van der Waals surface area contributed by atoms with Crippen molar-refractivity contribution in [3.63, 3.8) is 0 Å². The van der Waals surface area contributed by atoms with Crippen LogP contribution in [0, 0.1) is 0 Å².